The van der Waals surface area contributed by atoms with Gasteiger partial charge in [-0.1, -0.05) is 11.3 Å². The quantitative estimate of drug-likeness (QED) is 0.755. The maximum Gasteiger partial charge on any atom is 0.305 e. The Labute approximate surface area is 137 Å². The van der Waals surface area contributed by atoms with Crippen molar-refractivity contribution >= 4 is 49.2 Å². The zero-order valence-corrected chi connectivity index (χ0v) is 14.7. The molecular formula is C14H19N3O3S2. The maximum absolute atomic E-state index is 12.4. The molecule has 1 amide bonds. The van der Waals surface area contributed by atoms with Crippen molar-refractivity contribution in [3.63, 3.8) is 0 Å². The lowest BCUT2D eigenvalue weighted by molar-refractivity contribution is -0.140. The summed E-state index contributed by atoms with van der Waals surface area (Å²) < 4.78 is 5.61. The van der Waals surface area contributed by atoms with E-state index in [9.17, 15) is 9.59 Å². The zero-order valence-electron chi connectivity index (χ0n) is 13.1. The number of aromatic nitrogens is 1. The molecule has 0 aliphatic carbocycles. The van der Waals surface area contributed by atoms with Gasteiger partial charge >= 0.3 is 5.97 Å². The highest BCUT2D eigenvalue weighted by molar-refractivity contribution is 7.29. The van der Waals surface area contributed by atoms with Gasteiger partial charge in [0.15, 0.2) is 5.13 Å². The van der Waals surface area contributed by atoms with Crippen molar-refractivity contribution in [1.82, 2.24) is 9.88 Å². The van der Waals surface area contributed by atoms with Gasteiger partial charge in [0.1, 0.15) is 4.83 Å². The highest BCUT2D eigenvalue weighted by Crippen LogP contribution is 2.34. The predicted molar refractivity (Wildman–Crippen MR) is 90.0 cm³/mol. The molecular weight excluding hydrogens is 322 g/mol. The lowest BCUT2D eigenvalue weighted by Gasteiger charge is -2.15. The minimum absolute atomic E-state index is 0.0357. The normalized spacial score (nSPS) is 10.7. The second-order valence-corrected chi connectivity index (χ2v) is 7.12. The van der Waals surface area contributed by atoms with Crippen molar-refractivity contribution in [2.75, 3.05) is 39.7 Å². The minimum Gasteiger partial charge on any atom is -0.469 e. The number of ether oxygens (including phenoxy) is 1. The molecule has 0 saturated carbocycles. The number of carbonyl (C=O) groups is 2. The van der Waals surface area contributed by atoms with Crippen LogP contribution >= 0.6 is 22.7 Å². The first-order valence-electron chi connectivity index (χ1n) is 6.82. The number of methoxy groups -OCH3 is 1. The van der Waals surface area contributed by atoms with Crippen LogP contribution in [-0.2, 0) is 9.53 Å². The van der Waals surface area contributed by atoms with Crippen molar-refractivity contribution in [3.8, 4) is 0 Å². The molecule has 0 bridgehead atoms. The molecule has 6 nitrogen and oxygen atoms in total. The number of thiophene rings is 1. The fraction of sp³-hybridized carbons (Fsp3) is 0.500. The number of amides is 1. The number of thiazole rings is 1. The van der Waals surface area contributed by atoms with Crippen LogP contribution in [0.2, 0.25) is 0 Å². The SMILES string of the molecule is COC(=O)CCCN(C)C(=O)c1cc2sc(N(C)C)nc2s1. The van der Waals surface area contributed by atoms with E-state index >= 15 is 0 Å². The van der Waals surface area contributed by atoms with E-state index in [1.54, 1.807) is 23.3 Å². The molecule has 2 rings (SSSR count). The van der Waals surface area contributed by atoms with E-state index in [2.05, 4.69) is 9.72 Å². The molecule has 0 fully saturated rings. The van der Waals surface area contributed by atoms with Gasteiger partial charge in [-0.15, -0.1) is 11.3 Å². The lowest BCUT2D eigenvalue weighted by atomic mass is 10.3. The van der Waals surface area contributed by atoms with Crippen LogP contribution in [0.4, 0.5) is 5.13 Å². The van der Waals surface area contributed by atoms with Gasteiger partial charge in [0.25, 0.3) is 5.91 Å². The van der Waals surface area contributed by atoms with Crippen molar-refractivity contribution in [1.29, 1.82) is 0 Å². The topological polar surface area (TPSA) is 62.7 Å². The van der Waals surface area contributed by atoms with E-state index < -0.39 is 0 Å². The Kier molecular flexibility index (Phi) is 5.36. The first kappa shape index (κ1) is 16.7. The summed E-state index contributed by atoms with van der Waals surface area (Å²) in [6.45, 7) is 0.524. The Morgan fingerprint density at radius 3 is 2.59 bits per heavy atom. The van der Waals surface area contributed by atoms with Gasteiger partial charge in [-0.05, 0) is 12.5 Å². The highest BCUT2D eigenvalue weighted by atomic mass is 32.1. The molecule has 0 aromatic carbocycles. The van der Waals surface area contributed by atoms with Crippen LogP contribution in [-0.4, -0.2) is 56.6 Å². The average Bonchev–Trinajstić information content (AvgIpc) is 3.04. The summed E-state index contributed by atoms with van der Waals surface area (Å²) in [7, 11) is 7.00. The summed E-state index contributed by atoms with van der Waals surface area (Å²) in [5, 5.41) is 0.937. The lowest BCUT2D eigenvalue weighted by Crippen LogP contribution is -2.27. The van der Waals surface area contributed by atoms with Crippen molar-refractivity contribution < 1.29 is 14.3 Å². The van der Waals surface area contributed by atoms with Gasteiger partial charge in [0.05, 0.1) is 16.7 Å². The molecule has 0 radical (unpaired) electrons. The number of nitrogens with zero attached hydrogens (tertiary/aromatic N) is 3. The number of esters is 1. The summed E-state index contributed by atoms with van der Waals surface area (Å²) in [5.74, 6) is -0.288. The molecule has 2 aromatic rings. The molecule has 0 aliphatic rings. The Balaban J connectivity index is 1.99. The average molecular weight is 341 g/mol. The van der Waals surface area contributed by atoms with Gasteiger partial charge in [-0.3, -0.25) is 9.59 Å². The minimum atomic E-state index is -0.252. The molecule has 0 saturated heterocycles. The third-order valence-corrected chi connectivity index (χ3v) is 5.44. The van der Waals surface area contributed by atoms with Crippen LogP contribution in [0.15, 0.2) is 6.07 Å². The van der Waals surface area contributed by atoms with Crippen LogP contribution < -0.4 is 4.90 Å². The Bertz CT molecular complexity index is 646. The Morgan fingerprint density at radius 2 is 2.00 bits per heavy atom. The molecule has 22 heavy (non-hydrogen) atoms. The van der Waals surface area contributed by atoms with Crippen molar-refractivity contribution in [2.24, 2.45) is 0 Å². The largest absolute Gasteiger partial charge is 0.469 e. The van der Waals surface area contributed by atoms with Crippen LogP contribution in [0.5, 0.6) is 0 Å². The first-order chi connectivity index (χ1) is 10.4. The number of carbonyl (C=O) groups excluding carboxylic acids is 2. The number of anilines is 1. The van der Waals surface area contributed by atoms with Gasteiger partial charge in [0, 0.05) is 34.1 Å². The number of hydrogen-bond donors (Lipinski definition) is 0. The van der Waals surface area contributed by atoms with E-state index in [0.717, 1.165) is 14.7 Å². The third-order valence-electron chi connectivity index (χ3n) is 3.12. The molecule has 120 valence electrons. The fourth-order valence-electron chi connectivity index (χ4n) is 1.87. The smallest absolute Gasteiger partial charge is 0.305 e. The van der Waals surface area contributed by atoms with Crippen molar-refractivity contribution in [2.45, 2.75) is 12.8 Å². The van der Waals surface area contributed by atoms with E-state index in [0.29, 0.717) is 24.3 Å². The number of hydrogen-bond acceptors (Lipinski definition) is 7. The molecule has 2 heterocycles. The van der Waals surface area contributed by atoms with E-state index in [-0.39, 0.29) is 11.9 Å². The Hall–Kier alpha value is -1.67. The molecule has 2 aromatic heterocycles. The molecule has 0 aliphatic heterocycles. The third kappa shape index (κ3) is 3.75. The molecule has 8 heteroatoms. The van der Waals surface area contributed by atoms with Crippen LogP contribution in [0.1, 0.15) is 22.5 Å². The van der Waals surface area contributed by atoms with E-state index in [1.165, 1.54) is 18.4 Å². The standard InChI is InChI=1S/C14H19N3O3S2/c1-16(2)14-15-12-9(22-14)8-10(21-12)13(19)17(3)7-5-6-11(18)20-4/h8H,5-7H2,1-4H3. The molecule has 0 spiro atoms. The van der Waals surface area contributed by atoms with Gasteiger partial charge < -0.3 is 14.5 Å². The second kappa shape index (κ2) is 7.06. The second-order valence-electron chi connectivity index (χ2n) is 5.08. The summed E-state index contributed by atoms with van der Waals surface area (Å²) in [4.78, 5) is 33.1. The van der Waals surface area contributed by atoms with Gasteiger partial charge in [-0.25, -0.2) is 4.98 Å². The highest BCUT2D eigenvalue weighted by Gasteiger charge is 2.17. The summed E-state index contributed by atoms with van der Waals surface area (Å²) in [6, 6.07) is 1.89. The van der Waals surface area contributed by atoms with Gasteiger partial charge in [0.2, 0.25) is 0 Å². The summed E-state index contributed by atoms with van der Waals surface area (Å²) in [6.07, 6.45) is 0.916. The Morgan fingerprint density at radius 1 is 1.27 bits per heavy atom. The maximum atomic E-state index is 12.4. The van der Waals surface area contributed by atoms with Crippen LogP contribution in [0.25, 0.3) is 9.53 Å². The summed E-state index contributed by atoms with van der Waals surface area (Å²) in [5.41, 5.74) is 0. The van der Waals surface area contributed by atoms with Crippen LogP contribution in [0, 0.1) is 0 Å². The van der Waals surface area contributed by atoms with E-state index in [1.807, 2.05) is 25.1 Å². The zero-order chi connectivity index (χ0) is 16.3. The van der Waals surface area contributed by atoms with Crippen LogP contribution in [0.3, 0.4) is 0 Å². The van der Waals surface area contributed by atoms with Crippen molar-refractivity contribution in [3.05, 3.63) is 10.9 Å². The molecule has 0 atom stereocenters. The van der Waals surface area contributed by atoms with E-state index in [4.69, 9.17) is 0 Å². The monoisotopic (exact) mass is 341 g/mol. The first-order valence-corrected chi connectivity index (χ1v) is 8.45. The molecule has 0 N–H and O–H groups in total. The molecule has 0 unspecified atom stereocenters. The number of rotatable bonds is 6. The fourth-order valence-corrected chi connectivity index (χ4v) is 4.00. The summed E-state index contributed by atoms with van der Waals surface area (Å²) >= 11 is 2.98. The van der Waals surface area contributed by atoms with Gasteiger partial charge in [-0.2, -0.15) is 0 Å². The number of fused-ring (bicyclic) bond motifs is 1. The predicted octanol–water partition coefficient (Wildman–Crippen LogP) is 2.45.